The van der Waals surface area contributed by atoms with Gasteiger partial charge in [-0.25, -0.2) is 9.97 Å². The minimum Gasteiger partial charge on any atom is -0.314 e. The first-order chi connectivity index (χ1) is 10.8. The molecule has 0 aliphatic carbocycles. The van der Waals surface area contributed by atoms with Crippen LogP contribution in [-0.2, 0) is 6.42 Å². The van der Waals surface area contributed by atoms with Crippen LogP contribution in [0.15, 0.2) is 42.6 Å². The van der Waals surface area contributed by atoms with Gasteiger partial charge < -0.3 is 5.32 Å². The Hall–Kier alpha value is -2.20. The van der Waals surface area contributed by atoms with Crippen molar-refractivity contribution in [2.24, 2.45) is 0 Å². The SMILES string of the molecule is Cc1cccc(-n2c(CC3CCCN3)nc3cccnc32)c1. The summed E-state index contributed by atoms with van der Waals surface area (Å²) in [5, 5.41) is 3.57. The molecule has 1 N–H and O–H groups in total. The molecule has 112 valence electrons. The molecule has 0 bridgehead atoms. The molecule has 4 heteroatoms. The third kappa shape index (κ3) is 2.40. The summed E-state index contributed by atoms with van der Waals surface area (Å²) in [5.41, 5.74) is 4.31. The number of hydrogen-bond acceptors (Lipinski definition) is 3. The van der Waals surface area contributed by atoms with Crippen LogP contribution >= 0.6 is 0 Å². The van der Waals surface area contributed by atoms with E-state index in [4.69, 9.17) is 4.98 Å². The van der Waals surface area contributed by atoms with Crippen molar-refractivity contribution in [1.29, 1.82) is 0 Å². The summed E-state index contributed by atoms with van der Waals surface area (Å²) < 4.78 is 2.21. The topological polar surface area (TPSA) is 42.7 Å². The fourth-order valence-electron chi connectivity index (χ4n) is 3.29. The second-order valence-corrected chi connectivity index (χ2v) is 6.05. The molecule has 4 nitrogen and oxygen atoms in total. The average Bonchev–Trinajstić information content (AvgIpc) is 3.14. The lowest BCUT2D eigenvalue weighted by molar-refractivity contribution is 0.582. The summed E-state index contributed by atoms with van der Waals surface area (Å²) in [4.78, 5) is 9.41. The van der Waals surface area contributed by atoms with Crippen LogP contribution in [0.25, 0.3) is 16.9 Å². The molecule has 1 atom stereocenters. The molecule has 2 aromatic heterocycles. The molecule has 22 heavy (non-hydrogen) atoms. The lowest BCUT2D eigenvalue weighted by atomic mass is 10.1. The molecule has 0 spiro atoms. The predicted molar refractivity (Wildman–Crippen MR) is 88.3 cm³/mol. The average molecular weight is 292 g/mol. The largest absolute Gasteiger partial charge is 0.314 e. The number of nitrogens with zero attached hydrogens (tertiary/aromatic N) is 3. The van der Waals surface area contributed by atoms with Gasteiger partial charge in [-0.15, -0.1) is 0 Å². The third-order valence-corrected chi connectivity index (χ3v) is 4.34. The summed E-state index contributed by atoms with van der Waals surface area (Å²) >= 11 is 0. The van der Waals surface area contributed by atoms with Crippen molar-refractivity contribution >= 4 is 11.2 Å². The number of aryl methyl sites for hydroxylation is 1. The lowest BCUT2D eigenvalue weighted by Gasteiger charge is -2.13. The van der Waals surface area contributed by atoms with Gasteiger partial charge in [-0.2, -0.15) is 0 Å². The summed E-state index contributed by atoms with van der Waals surface area (Å²) in [6.07, 6.45) is 5.27. The fraction of sp³-hybridized carbons (Fsp3) is 0.333. The van der Waals surface area contributed by atoms with E-state index in [2.05, 4.69) is 46.1 Å². The van der Waals surface area contributed by atoms with Crippen molar-refractivity contribution in [2.75, 3.05) is 6.54 Å². The maximum Gasteiger partial charge on any atom is 0.164 e. The normalized spacial score (nSPS) is 18.1. The maximum absolute atomic E-state index is 4.84. The van der Waals surface area contributed by atoms with Crippen molar-refractivity contribution in [3.63, 3.8) is 0 Å². The minimum absolute atomic E-state index is 0.528. The number of nitrogens with one attached hydrogen (secondary N) is 1. The molecule has 1 aromatic carbocycles. The summed E-state index contributed by atoms with van der Waals surface area (Å²) in [7, 11) is 0. The van der Waals surface area contributed by atoms with Gasteiger partial charge in [0.15, 0.2) is 5.65 Å². The highest BCUT2D eigenvalue weighted by Gasteiger charge is 2.20. The first-order valence-electron chi connectivity index (χ1n) is 7.94. The smallest absolute Gasteiger partial charge is 0.164 e. The van der Waals surface area contributed by atoms with Crippen LogP contribution < -0.4 is 5.32 Å². The summed E-state index contributed by atoms with van der Waals surface area (Å²) in [5.74, 6) is 1.10. The number of benzene rings is 1. The molecule has 0 radical (unpaired) electrons. The second kappa shape index (κ2) is 5.54. The van der Waals surface area contributed by atoms with Gasteiger partial charge in [0, 0.05) is 24.3 Å². The van der Waals surface area contributed by atoms with E-state index in [1.807, 2.05) is 18.3 Å². The Morgan fingerprint density at radius 3 is 3.05 bits per heavy atom. The van der Waals surface area contributed by atoms with E-state index in [-0.39, 0.29) is 0 Å². The van der Waals surface area contributed by atoms with Gasteiger partial charge in [-0.05, 0) is 56.1 Å². The number of hydrogen-bond donors (Lipinski definition) is 1. The van der Waals surface area contributed by atoms with Gasteiger partial charge in [0.1, 0.15) is 11.3 Å². The van der Waals surface area contributed by atoms with Crippen LogP contribution in [0.2, 0.25) is 0 Å². The van der Waals surface area contributed by atoms with Crippen LogP contribution in [0.1, 0.15) is 24.2 Å². The van der Waals surface area contributed by atoms with Crippen molar-refractivity contribution in [3.8, 4) is 5.69 Å². The van der Waals surface area contributed by atoms with E-state index < -0.39 is 0 Å². The van der Waals surface area contributed by atoms with Crippen LogP contribution in [0.3, 0.4) is 0 Å². The zero-order valence-corrected chi connectivity index (χ0v) is 12.8. The quantitative estimate of drug-likeness (QED) is 0.807. The van der Waals surface area contributed by atoms with E-state index in [0.29, 0.717) is 6.04 Å². The highest BCUT2D eigenvalue weighted by atomic mass is 15.1. The molecule has 3 aromatic rings. The molecule has 0 saturated carbocycles. The molecule has 4 rings (SSSR count). The van der Waals surface area contributed by atoms with Gasteiger partial charge in [0.2, 0.25) is 0 Å². The molecular formula is C18H20N4. The predicted octanol–water partition coefficient (Wildman–Crippen LogP) is 3.02. The van der Waals surface area contributed by atoms with E-state index in [1.165, 1.54) is 18.4 Å². The van der Waals surface area contributed by atoms with Gasteiger partial charge in [-0.3, -0.25) is 4.57 Å². The molecule has 1 aliphatic rings. The van der Waals surface area contributed by atoms with Crippen LogP contribution in [0.4, 0.5) is 0 Å². The Balaban J connectivity index is 1.85. The molecule has 1 saturated heterocycles. The van der Waals surface area contributed by atoms with E-state index >= 15 is 0 Å². The number of pyridine rings is 1. The highest BCUT2D eigenvalue weighted by Crippen LogP contribution is 2.22. The van der Waals surface area contributed by atoms with Gasteiger partial charge in [0.25, 0.3) is 0 Å². The zero-order valence-electron chi connectivity index (χ0n) is 12.8. The summed E-state index contributed by atoms with van der Waals surface area (Å²) in [6, 6.07) is 13.1. The molecule has 1 unspecified atom stereocenters. The Morgan fingerprint density at radius 2 is 2.23 bits per heavy atom. The first kappa shape index (κ1) is 13.5. The van der Waals surface area contributed by atoms with Crippen molar-refractivity contribution in [1.82, 2.24) is 19.9 Å². The van der Waals surface area contributed by atoms with Gasteiger partial charge in [-0.1, -0.05) is 12.1 Å². The lowest BCUT2D eigenvalue weighted by Crippen LogP contribution is -2.25. The van der Waals surface area contributed by atoms with Crippen molar-refractivity contribution in [3.05, 3.63) is 54.0 Å². The summed E-state index contributed by atoms with van der Waals surface area (Å²) in [6.45, 7) is 3.24. The highest BCUT2D eigenvalue weighted by molar-refractivity contribution is 5.73. The molecular weight excluding hydrogens is 272 g/mol. The number of aromatic nitrogens is 3. The van der Waals surface area contributed by atoms with Crippen LogP contribution in [0.5, 0.6) is 0 Å². The third-order valence-electron chi connectivity index (χ3n) is 4.34. The number of imidazole rings is 1. The van der Waals surface area contributed by atoms with E-state index in [1.54, 1.807) is 0 Å². The Morgan fingerprint density at radius 1 is 1.27 bits per heavy atom. The van der Waals surface area contributed by atoms with Gasteiger partial charge in [0.05, 0.1) is 0 Å². The zero-order chi connectivity index (χ0) is 14.9. The fourth-order valence-corrected chi connectivity index (χ4v) is 3.29. The molecule has 1 fully saturated rings. The first-order valence-corrected chi connectivity index (χ1v) is 7.94. The molecule has 0 amide bonds. The van der Waals surface area contributed by atoms with Gasteiger partial charge >= 0.3 is 0 Å². The minimum atomic E-state index is 0.528. The second-order valence-electron chi connectivity index (χ2n) is 6.05. The standard InChI is InChI=1S/C18H20N4/c1-13-5-2-7-15(11-13)22-17(12-14-6-3-9-19-14)21-16-8-4-10-20-18(16)22/h2,4-5,7-8,10-11,14,19H,3,6,9,12H2,1H3. The van der Waals surface area contributed by atoms with Crippen molar-refractivity contribution < 1.29 is 0 Å². The van der Waals surface area contributed by atoms with Crippen LogP contribution in [0, 0.1) is 6.92 Å². The molecule has 1 aliphatic heterocycles. The number of fused-ring (bicyclic) bond motifs is 1. The Bertz CT molecular complexity index is 800. The molecule has 3 heterocycles. The van der Waals surface area contributed by atoms with E-state index in [0.717, 1.165) is 35.6 Å². The Kier molecular flexibility index (Phi) is 3.39. The monoisotopic (exact) mass is 292 g/mol. The van der Waals surface area contributed by atoms with E-state index in [9.17, 15) is 0 Å². The number of rotatable bonds is 3. The Labute approximate surface area is 130 Å². The maximum atomic E-state index is 4.84. The van der Waals surface area contributed by atoms with Crippen molar-refractivity contribution in [2.45, 2.75) is 32.2 Å². The van der Waals surface area contributed by atoms with Crippen LogP contribution in [-0.4, -0.2) is 27.1 Å².